The number of rotatable bonds is 4. The smallest absolute Gasteiger partial charge is 0.119 e. The van der Waals surface area contributed by atoms with Gasteiger partial charge in [0, 0.05) is 0 Å². The Morgan fingerprint density at radius 3 is 2.61 bits per heavy atom. The van der Waals surface area contributed by atoms with Crippen molar-refractivity contribution in [1.29, 1.82) is 0 Å². The molecule has 3 nitrogen and oxygen atoms in total. The number of hydrogen-bond donors (Lipinski definition) is 2. The van der Waals surface area contributed by atoms with E-state index in [9.17, 15) is 5.11 Å². The van der Waals surface area contributed by atoms with Crippen LogP contribution in [0.1, 0.15) is 37.3 Å². The fourth-order valence-electron chi connectivity index (χ4n) is 2.64. The van der Waals surface area contributed by atoms with Gasteiger partial charge in [0.1, 0.15) is 5.75 Å². The Morgan fingerprint density at radius 1 is 1.33 bits per heavy atom. The fourth-order valence-corrected chi connectivity index (χ4v) is 2.64. The molecule has 0 aliphatic heterocycles. The predicted octanol–water partition coefficient (Wildman–Crippen LogP) is 2.67. The monoisotopic (exact) mass is 271 g/mol. The normalized spacial score (nSPS) is 19.1. The van der Waals surface area contributed by atoms with Crippen molar-refractivity contribution in [2.24, 2.45) is 11.7 Å². The zero-order chi connectivity index (χ0) is 12.3. The Bertz CT molecular complexity index is 367. The number of ether oxygens (including phenoxy) is 1. The molecule has 3 N–H and O–H groups in total. The predicted molar refractivity (Wildman–Crippen MR) is 75.1 cm³/mol. The van der Waals surface area contributed by atoms with Gasteiger partial charge in [-0.15, -0.1) is 12.4 Å². The van der Waals surface area contributed by atoms with Crippen LogP contribution in [0.5, 0.6) is 5.75 Å². The standard InChI is InChI=1S/C14H21NO2.ClH/c1-17-12-8-4-7-11(9-12)13(15)14(16)10-5-2-3-6-10;/h4,7-10,13-14,16H,2-3,5-6,15H2,1H3;1H/t13-,14+;/m1./s1. The summed E-state index contributed by atoms with van der Waals surface area (Å²) in [5.41, 5.74) is 7.08. The zero-order valence-electron chi connectivity index (χ0n) is 10.7. The number of aliphatic hydroxyl groups excluding tert-OH is 1. The van der Waals surface area contributed by atoms with Gasteiger partial charge in [0.15, 0.2) is 0 Å². The summed E-state index contributed by atoms with van der Waals surface area (Å²) in [5, 5.41) is 10.3. The maximum atomic E-state index is 10.3. The van der Waals surface area contributed by atoms with Gasteiger partial charge in [-0.05, 0) is 36.5 Å². The molecule has 1 fully saturated rings. The Balaban J connectivity index is 0.00000162. The Kier molecular flexibility index (Phi) is 5.93. The quantitative estimate of drug-likeness (QED) is 0.885. The molecular weight excluding hydrogens is 250 g/mol. The summed E-state index contributed by atoms with van der Waals surface area (Å²) in [6, 6.07) is 7.34. The van der Waals surface area contributed by atoms with Crippen molar-refractivity contribution >= 4 is 12.4 Å². The number of halogens is 1. The van der Waals surface area contributed by atoms with E-state index in [1.165, 1.54) is 12.8 Å². The van der Waals surface area contributed by atoms with Gasteiger partial charge in [-0.2, -0.15) is 0 Å². The molecule has 1 aromatic rings. The van der Waals surface area contributed by atoms with Crippen molar-refractivity contribution in [1.82, 2.24) is 0 Å². The van der Waals surface area contributed by atoms with Crippen molar-refractivity contribution in [3.8, 4) is 5.75 Å². The summed E-state index contributed by atoms with van der Waals surface area (Å²) in [4.78, 5) is 0. The summed E-state index contributed by atoms with van der Waals surface area (Å²) in [7, 11) is 1.64. The second kappa shape index (κ2) is 6.98. The fraction of sp³-hybridized carbons (Fsp3) is 0.571. The molecule has 0 aromatic heterocycles. The van der Waals surface area contributed by atoms with Crippen LogP contribution in [0, 0.1) is 5.92 Å². The van der Waals surface area contributed by atoms with Crippen LogP contribution in [0.3, 0.4) is 0 Å². The van der Waals surface area contributed by atoms with Crippen LogP contribution in [-0.2, 0) is 0 Å². The molecule has 0 amide bonds. The number of benzene rings is 1. The molecule has 1 aliphatic carbocycles. The first-order valence-electron chi connectivity index (χ1n) is 6.30. The summed E-state index contributed by atoms with van der Waals surface area (Å²) in [6.45, 7) is 0. The molecule has 2 rings (SSSR count). The van der Waals surface area contributed by atoms with Crippen LogP contribution in [-0.4, -0.2) is 18.3 Å². The first kappa shape index (κ1) is 15.3. The lowest BCUT2D eigenvalue weighted by Crippen LogP contribution is -2.31. The minimum Gasteiger partial charge on any atom is -0.497 e. The molecule has 4 heteroatoms. The molecule has 0 unspecified atom stereocenters. The molecule has 2 atom stereocenters. The SMILES string of the molecule is COc1cccc([C@@H](N)[C@@H](O)C2CCCC2)c1.Cl. The molecule has 0 radical (unpaired) electrons. The van der Waals surface area contributed by atoms with Gasteiger partial charge in [0.05, 0.1) is 19.3 Å². The lowest BCUT2D eigenvalue weighted by molar-refractivity contribution is 0.0844. The number of nitrogens with two attached hydrogens (primary N) is 1. The number of hydrogen-bond acceptors (Lipinski definition) is 3. The van der Waals surface area contributed by atoms with Gasteiger partial charge in [0.25, 0.3) is 0 Å². The molecule has 1 aromatic carbocycles. The van der Waals surface area contributed by atoms with Crippen molar-refractivity contribution < 1.29 is 9.84 Å². The highest BCUT2D eigenvalue weighted by molar-refractivity contribution is 5.85. The summed E-state index contributed by atoms with van der Waals surface area (Å²) in [5.74, 6) is 1.15. The Labute approximate surface area is 115 Å². The van der Waals surface area contributed by atoms with E-state index in [1.807, 2.05) is 24.3 Å². The highest BCUT2D eigenvalue weighted by Crippen LogP contribution is 2.33. The van der Waals surface area contributed by atoms with Crippen LogP contribution >= 0.6 is 12.4 Å². The van der Waals surface area contributed by atoms with Crippen molar-refractivity contribution in [2.75, 3.05) is 7.11 Å². The molecule has 0 bridgehead atoms. The van der Waals surface area contributed by atoms with Gasteiger partial charge in [-0.1, -0.05) is 25.0 Å². The third kappa shape index (κ3) is 3.37. The van der Waals surface area contributed by atoms with Crippen LogP contribution in [0.25, 0.3) is 0 Å². The van der Waals surface area contributed by atoms with E-state index in [2.05, 4.69) is 0 Å². The number of methoxy groups -OCH3 is 1. The topological polar surface area (TPSA) is 55.5 Å². The molecule has 0 saturated heterocycles. The molecule has 102 valence electrons. The largest absolute Gasteiger partial charge is 0.497 e. The van der Waals surface area contributed by atoms with Crippen molar-refractivity contribution in [2.45, 2.75) is 37.8 Å². The van der Waals surface area contributed by atoms with Crippen LogP contribution in [0.15, 0.2) is 24.3 Å². The molecule has 18 heavy (non-hydrogen) atoms. The van der Waals surface area contributed by atoms with Crippen LogP contribution in [0.4, 0.5) is 0 Å². The number of aliphatic hydroxyl groups is 1. The highest BCUT2D eigenvalue weighted by Gasteiger charge is 2.28. The van der Waals surface area contributed by atoms with Gasteiger partial charge >= 0.3 is 0 Å². The van der Waals surface area contributed by atoms with Gasteiger partial charge < -0.3 is 15.6 Å². The van der Waals surface area contributed by atoms with E-state index < -0.39 is 6.10 Å². The second-order valence-corrected chi connectivity index (χ2v) is 4.84. The third-order valence-corrected chi connectivity index (χ3v) is 3.73. The van der Waals surface area contributed by atoms with Gasteiger partial charge in [-0.25, -0.2) is 0 Å². The lowest BCUT2D eigenvalue weighted by Gasteiger charge is -2.24. The van der Waals surface area contributed by atoms with Crippen LogP contribution in [0.2, 0.25) is 0 Å². The van der Waals surface area contributed by atoms with E-state index in [1.54, 1.807) is 7.11 Å². The first-order valence-corrected chi connectivity index (χ1v) is 6.30. The maximum absolute atomic E-state index is 10.3. The van der Waals surface area contributed by atoms with E-state index in [4.69, 9.17) is 10.5 Å². The molecule has 0 spiro atoms. The third-order valence-electron chi connectivity index (χ3n) is 3.73. The van der Waals surface area contributed by atoms with Crippen LogP contribution < -0.4 is 10.5 Å². The maximum Gasteiger partial charge on any atom is 0.119 e. The molecule has 1 aliphatic rings. The second-order valence-electron chi connectivity index (χ2n) is 4.84. The van der Waals surface area contributed by atoms with E-state index >= 15 is 0 Å². The summed E-state index contributed by atoms with van der Waals surface area (Å²) in [6.07, 6.45) is 4.18. The van der Waals surface area contributed by atoms with E-state index in [-0.39, 0.29) is 18.4 Å². The lowest BCUT2D eigenvalue weighted by atomic mass is 9.91. The van der Waals surface area contributed by atoms with Gasteiger partial charge in [0.2, 0.25) is 0 Å². The average molecular weight is 272 g/mol. The Hall–Kier alpha value is -0.770. The van der Waals surface area contributed by atoms with E-state index in [0.29, 0.717) is 5.92 Å². The highest BCUT2D eigenvalue weighted by atomic mass is 35.5. The first-order chi connectivity index (χ1) is 8.22. The molecule has 1 saturated carbocycles. The van der Waals surface area contributed by atoms with Gasteiger partial charge in [-0.3, -0.25) is 0 Å². The van der Waals surface area contributed by atoms with E-state index in [0.717, 1.165) is 24.2 Å². The molecule has 0 heterocycles. The van der Waals surface area contributed by atoms with Crippen molar-refractivity contribution in [3.05, 3.63) is 29.8 Å². The summed E-state index contributed by atoms with van der Waals surface area (Å²) >= 11 is 0. The minimum absolute atomic E-state index is 0. The summed E-state index contributed by atoms with van der Waals surface area (Å²) < 4.78 is 5.17. The average Bonchev–Trinajstić information content (AvgIpc) is 2.91. The minimum atomic E-state index is -0.440. The Morgan fingerprint density at radius 2 is 2.00 bits per heavy atom. The van der Waals surface area contributed by atoms with Crippen molar-refractivity contribution in [3.63, 3.8) is 0 Å². The zero-order valence-corrected chi connectivity index (χ0v) is 11.5. The molecular formula is C14H22ClNO2.